The van der Waals surface area contributed by atoms with Crippen LogP contribution >= 0.6 is 27.3 Å². The first-order chi connectivity index (χ1) is 9.13. The topological polar surface area (TPSA) is 51.2 Å². The Morgan fingerprint density at radius 1 is 1.58 bits per heavy atom. The van der Waals surface area contributed by atoms with Crippen molar-refractivity contribution in [1.82, 2.24) is 4.98 Å². The number of thiazole rings is 1. The second kappa shape index (κ2) is 6.12. The summed E-state index contributed by atoms with van der Waals surface area (Å²) >= 11 is 4.46. The van der Waals surface area contributed by atoms with E-state index < -0.39 is 11.8 Å². The zero-order chi connectivity index (χ0) is 13.8. The number of rotatable bonds is 4. The van der Waals surface area contributed by atoms with Crippen LogP contribution in [-0.4, -0.2) is 17.6 Å². The lowest BCUT2D eigenvalue weighted by molar-refractivity contribution is 0.0521. The van der Waals surface area contributed by atoms with E-state index in [4.69, 9.17) is 4.74 Å². The molecule has 0 fully saturated rings. The molecule has 0 aliphatic carbocycles. The number of hydrogen-bond donors (Lipinski definition) is 1. The molecule has 1 heterocycles. The van der Waals surface area contributed by atoms with Crippen LogP contribution in [0.3, 0.4) is 0 Å². The molecule has 0 atom stereocenters. The van der Waals surface area contributed by atoms with Crippen molar-refractivity contribution in [2.45, 2.75) is 6.92 Å². The van der Waals surface area contributed by atoms with Gasteiger partial charge in [-0.2, -0.15) is 0 Å². The number of carbonyl (C=O) groups excluding carboxylic acids is 1. The predicted molar refractivity (Wildman–Crippen MR) is 75.5 cm³/mol. The van der Waals surface area contributed by atoms with Crippen LogP contribution in [0.1, 0.15) is 17.4 Å². The van der Waals surface area contributed by atoms with Gasteiger partial charge in [-0.3, -0.25) is 0 Å². The summed E-state index contributed by atoms with van der Waals surface area (Å²) in [5.74, 6) is -0.948. The van der Waals surface area contributed by atoms with Gasteiger partial charge in [0.1, 0.15) is 10.8 Å². The number of nitrogens with one attached hydrogen (secondary N) is 1. The molecule has 0 aliphatic heterocycles. The maximum atomic E-state index is 13.7. The van der Waals surface area contributed by atoms with Gasteiger partial charge in [-0.25, -0.2) is 14.2 Å². The normalized spacial score (nSPS) is 10.3. The third-order valence-corrected chi connectivity index (χ3v) is 3.64. The minimum Gasteiger partial charge on any atom is -0.461 e. The summed E-state index contributed by atoms with van der Waals surface area (Å²) in [5, 5.41) is 3.31. The van der Waals surface area contributed by atoms with Crippen LogP contribution in [0.25, 0.3) is 0 Å². The third kappa shape index (κ3) is 3.10. The van der Waals surface area contributed by atoms with Crippen molar-refractivity contribution in [2.24, 2.45) is 0 Å². The van der Waals surface area contributed by atoms with Crippen molar-refractivity contribution in [2.75, 3.05) is 11.9 Å². The Labute approximate surface area is 121 Å². The first-order valence-corrected chi connectivity index (χ1v) is 7.12. The number of anilines is 2. The maximum absolute atomic E-state index is 13.7. The Bertz CT molecular complexity index is 583. The molecule has 2 aromatic rings. The molecule has 0 bridgehead atoms. The maximum Gasteiger partial charge on any atom is 0.360 e. The zero-order valence-corrected chi connectivity index (χ0v) is 12.3. The van der Waals surface area contributed by atoms with E-state index in [2.05, 4.69) is 26.2 Å². The summed E-state index contributed by atoms with van der Waals surface area (Å²) < 4.78 is 19.1. The van der Waals surface area contributed by atoms with E-state index in [9.17, 15) is 9.18 Å². The molecule has 0 spiro atoms. The average molecular weight is 345 g/mol. The summed E-state index contributed by atoms with van der Waals surface area (Å²) in [6, 6.07) is 4.62. The first-order valence-electron chi connectivity index (χ1n) is 5.45. The van der Waals surface area contributed by atoms with E-state index in [1.165, 1.54) is 22.9 Å². The number of hydrogen-bond acceptors (Lipinski definition) is 5. The SMILES string of the molecule is CCOC(=O)c1ncsc1Nc1c(F)cccc1Br. The minimum absolute atomic E-state index is 0.155. The van der Waals surface area contributed by atoms with E-state index in [1.54, 1.807) is 19.1 Å². The molecule has 2 rings (SSSR count). The summed E-state index contributed by atoms with van der Waals surface area (Å²) in [6.45, 7) is 1.98. The Morgan fingerprint density at radius 2 is 2.37 bits per heavy atom. The number of ether oxygens (including phenoxy) is 1. The van der Waals surface area contributed by atoms with E-state index >= 15 is 0 Å². The summed E-state index contributed by atoms with van der Waals surface area (Å²) in [5.41, 5.74) is 1.92. The monoisotopic (exact) mass is 344 g/mol. The number of halogens is 2. The van der Waals surface area contributed by atoms with Gasteiger partial charge in [0.25, 0.3) is 0 Å². The zero-order valence-electron chi connectivity index (χ0n) is 9.94. The molecule has 0 unspecified atom stereocenters. The van der Waals surface area contributed by atoms with Crippen molar-refractivity contribution >= 4 is 43.9 Å². The molecule has 19 heavy (non-hydrogen) atoms. The van der Waals surface area contributed by atoms with Crippen LogP contribution in [0, 0.1) is 5.82 Å². The van der Waals surface area contributed by atoms with E-state index in [1.807, 2.05) is 0 Å². The van der Waals surface area contributed by atoms with Crippen LogP contribution in [0.4, 0.5) is 15.1 Å². The lowest BCUT2D eigenvalue weighted by Crippen LogP contribution is -2.07. The van der Waals surface area contributed by atoms with Gasteiger partial charge < -0.3 is 10.1 Å². The lowest BCUT2D eigenvalue weighted by Gasteiger charge is -2.08. The number of para-hydroxylation sites is 1. The molecular formula is C12H10BrFN2O2S. The molecule has 1 aromatic heterocycles. The van der Waals surface area contributed by atoms with Crippen LogP contribution in [0.5, 0.6) is 0 Å². The summed E-state index contributed by atoms with van der Waals surface area (Å²) in [6.07, 6.45) is 0. The van der Waals surface area contributed by atoms with Crippen molar-refractivity contribution < 1.29 is 13.9 Å². The highest BCUT2D eigenvalue weighted by Crippen LogP contribution is 2.32. The van der Waals surface area contributed by atoms with Gasteiger partial charge in [-0.05, 0) is 35.0 Å². The van der Waals surface area contributed by atoms with Crippen LogP contribution in [0.2, 0.25) is 0 Å². The van der Waals surface area contributed by atoms with Gasteiger partial charge >= 0.3 is 5.97 Å². The van der Waals surface area contributed by atoms with Crippen molar-refractivity contribution in [3.05, 3.63) is 39.7 Å². The van der Waals surface area contributed by atoms with Gasteiger partial charge in [0.15, 0.2) is 5.69 Å². The highest BCUT2D eigenvalue weighted by atomic mass is 79.9. The molecule has 0 saturated carbocycles. The molecule has 1 N–H and O–H groups in total. The fourth-order valence-corrected chi connectivity index (χ4v) is 2.52. The van der Waals surface area contributed by atoms with E-state index in [0.717, 1.165) is 0 Å². The summed E-state index contributed by atoms with van der Waals surface area (Å²) in [4.78, 5) is 15.6. The lowest BCUT2D eigenvalue weighted by atomic mass is 10.3. The average Bonchev–Trinajstić information content (AvgIpc) is 2.82. The van der Waals surface area contributed by atoms with Crippen molar-refractivity contribution in [1.29, 1.82) is 0 Å². The Morgan fingerprint density at radius 3 is 3.05 bits per heavy atom. The number of benzene rings is 1. The largest absolute Gasteiger partial charge is 0.461 e. The second-order valence-corrected chi connectivity index (χ2v) is 5.18. The predicted octanol–water partition coefficient (Wildman–Crippen LogP) is 3.97. The van der Waals surface area contributed by atoms with Gasteiger partial charge in [0, 0.05) is 4.47 Å². The number of nitrogens with zero attached hydrogens (tertiary/aromatic N) is 1. The minimum atomic E-state index is -0.529. The summed E-state index contributed by atoms with van der Waals surface area (Å²) in [7, 11) is 0. The van der Waals surface area contributed by atoms with Gasteiger partial charge in [0.2, 0.25) is 0 Å². The molecule has 7 heteroatoms. The van der Waals surface area contributed by atoms with Crippen LogP contribution in [-0.2, 0) is 4.74 Å². The molecule has 0 radical (unpaired) electrons. The Hall–Kier alpha value is -1.47. The molecule has 4 nitrogen and oxygen atoms in total. The fraction of sp³-hybridized carbons (Fsp3) is 0.167. The molecule has 0 amide bonds. The molecule has 0 aliphatic rings. The number of carbonyl (C=O) groups is 1. The second-order valence-electron chi connectivity index (χ2n) is 3.47. The van der Waals surface area contributed by atoms with Crippen LogP contribution in [0.15, 0.2) is 28.2 Å². The number of aromatic nitrogens is 1. The molecule has 0 saturated heterocycles. The Kier molecular flexibility index (Phi) is 4.49. The van der Waals surface area contributed by atoms with Crippen LogP contribution < -0.4 is 5.32 Å². The molecular weight excluding hydrogens is 335 g/mol. The van der Waals surface area contributed by atoms with Crippen molar-refractivity contribution in [3.63, 3.8) is 0 Å². The fourth-order valence-electron chi connectivity index (χ4n) is 1.41. The van der Waals surface area contributed by atoms with Gasteiger partial charge in [0.05, 0.1) is 17.8 Å². The highest BCUT2D eigenvalue weighted by molar-refractivity contribution is 9.10. The van der Waals surface area contributed by atoms with E-state index in [0.29, 0.717) is 9.47 Å². The smallest absolute Gasteiger partial charge is 0.360 e. The first kappa shape index (κ1) is 14.0. The van der Waals surface area contributed by atoms with Gasteiger partial charge in [-0.15, -0.1) is 11.3 Å². The third-order valence-electron chi connectivity index (χ3n) is 2.24. The Balaban J connectivity index is 2.30. The quantitative estimate of drug-likeness (QED) is 0.852. The van der Waals surface area contributed by atoms with Crippen molar-refractivity contribution in [3.8, 4) is 0 Å². The van der Waals surface area contributed by atoms with E-state index in [-0.39, 0.29) is 18.0 Å². The standard InChI is InChI=1S/C12H10BrFN2O2S/c1-2-18-12(17)10-11(19-6-15-10)16-9-7(13)4-3-5-8(9)14/h3-6,16H,2H2,1H3. The molecule has 1 aromatic carbocycles. The number of esters is 1. The molecule has 100 valence electrons. The highest BCUT2D eigenvalue weighted by Gasteiger charge is 2.18. The van der Waals surface area contributed by atoms with Gasteiger partial charge in [-0.1, -0.05) is 6.07 Å².